The monoisotopic (exact) mass is 214 g/mol. The third-order valence-corrected chi connectivity index (χ3v) is 2.47. The van der Waals surface area contributed by atoms with Crippen LogP contribution >= 0.6 is 15.9 Å². The van der Waals surface area contributed by atoms with Crippen LogP contribution in [0.4, 0.5) is 0 Å². The summed E-state index contributed by atoms with van der Waals surface area (Å²) in [5.74, 6) is 0.0157. The molecular formula is C7H7BrN2O. The predicted octanol–water partition coefficient (Wildman–Crippen LogP) is 0.994. The summed E-state index contributed by atoms with van der Waals surface area (Å²) in [6.45, 7) is 1.58. The number of nitrogens with zero attached hydrogens (tertiary/aromatic N) is 1. The van der Waals surface area contributed by atoms with E-state index >= 15 is 0 Å². The Morgan fingerprint density at radius 2 is 2.36 bits per heavy atom. The van der Waals surface area contributed by atoms with E-state index in [1.165, 1.54) is 0 Å². The molecule has 1 aliphatic heterocycles. The fourth-order valence-corrected chi connectivity index (χ4v) is 1.74. The van der Waals surface area contributed by atoms with Gasteiger partial charge >= 0.3 is 0 Å². The van der Waals surface area contributed by atoms with Gasteiger partial charge in [0.25, 0.3) is 5.91 Å². The first-order valence-corrected chi connectivity index (χ1v) is 4.21. The van der Waals surface area contributed by atoms with Crippen LogP contribution in [0, 0.1) is 0 Å². The third kappa shape index (κ3) is 0.976. The Morgan fingerprint density at radius 1 is 1.55 bits per heavy atom. The van der Waals surface area contributed by atoms with Crippen LogP contribution in [0.15, 0.2) is 16.7 Å². The van der Waals surface area contributed by atoms with Gasteiger partial charge in [0.15, 0.2) is 0 Å². The van der Waals surface area contributed by atoms with Gasteiger partial charge in [-0.2, -0.15) is 0 Å². The number of rotatable bonds is 0. The first-order chi connectivity index (χ1) is 5.29. The third-order valence-electron chi connectivity index (χ3n) is 1.78. The zero-order chi connectivity index (χ0) is 7.84. The van der Waals surface area contributed by atoms with Crippen molar-refractivity contribution in [2.75, 3.05) is 6.54 Å². The molecule has 2 rings (SSSR count). The SMILES string of the molecule is O=C1NCCn2c(Br)ccc21. The fraction of sp³-hybridized carbons (Fsp3) is 0.286. The van der Waals surface area contributed by atoms with Gasteiger partial charge < -0.3 is 9.88 Å². The predicted molar refractivity (Wildman–Crippen MR) is 44.5 cm³/mol. The minimum absolute atomic E-state index is 0.0157. The Balaban J connectivity index is 2.55. The summed E-state index contributed by atoms with van der Waals surface area (Å²) in [4.78, 5) is 11.1. The number of aromatic nitrogens is 1. The smallest absolute Gasteiger partial charge is 0.267 e. The molecule has 0 atom stereocenters. The second kappa shape index (κ2) is 2.37. The van der Waals surface area contributed by atoms with Crippen LogP contribution in [0.1, 0.15) is 10.5 Å². The average Bonchev–Trinajstić information content (AvgIpc) is 2.35. The van der Waals surface area contributed by atoms with Crippen LogP contribution in [0.2, 0.25) is 0 Å². The molecule has 1 amide bonds. The molecule has 0 fully saturated rings. The number of halogens is 1. The van der Waals surface area contributed by atoms with Crippen molar-refractivity contribution in [1.82, 2.24) is 9.88 Å². The normalized spacial score (nSPS) is 15.9. The molecule has 0 aliphatic carbocycles. The molecule has 58 valence electrons. The van der Waals surface area contributed by atoms with Crippen LogP contribution in [-0.4, -0.2) is 17.0 Å². The van der Waals surface area contributed by atoms with E-state index in [0.717, 1.165) is 23.4 Å². The molecule has 1 aliphatic rings. The van der Waals surface area contributed by atoms with Crippen molar-refractivity contribution in [2.45, 2.75) is 6.54 Å². The molecule has 0 unspecified atom stereocenters. The van der Waals surface area contributed by atoms with E-state index in [2.05, 4.69) is 21.2 Å². The van der Waals surface area contributed by atoms with Gasteiger partial charge in [-0.15, -0.1) is 0 Å². The van der Waals surface area contributed by atoms with Gasteiger partial charge in [-0.25, -0.2) is 0 Å². The van der Waals surface area contributed by atoms with Crippen molar-refractivity contribution in [3.8, 4) is 0 Å². The highest BCUT2D eigenvalue weighted by Crippen LogP contribution is 2.16. The topological polar surface area (TPSA) is 34.0 Å². The van der Waals surface area contributed by atoms with Gasteiger partial charge in [-0.1, -0.05) is 0 Å². The van der Waals surface area contributed by atoms with Crippen molar-refractivity contribution in [1.29, 1.82) is 0 Å². The van der Waals surface area contributed by atoms with E-state index in [-0.39, 0.29) is 5.91 Å². The summed E-state index contributed by atoms with van der Waals surface area (Å²) < 4.78 is 2.93. The maximum absolute atomic E-state index is 11.1. The van der Waals surface area contributed by atoms with Gasteiger partial charge in [0.05, 0.1) is 4.60 Å². The first kappa shape index (κ1) is 6.91. The number of carbonyl (C=O) groups is 1. The van der Waals surface area contributed by atoms with Crippen molar-refractivity contribution >= 4 is 21.8 Å². The summed E-state index contributed by atoms with van der Waals surface area (Å²) in [7, 11) is 0. The zero-order valence-electron chi connectivity index (χ0n) is 5.80. The molecule has 4 heteroatoms. The maximum atomic E-state index is 11.1. The molecule has 0 spiro atoms. The molecule has 11 heavy (non-hydrogen) atoms. The summed E-state index contributed by atoms with van der Waals surface area (Å²) in [6.07, 6.45) is 0. The molecule has 0 aromatic carbocycles. The van der Waals surface area contributed by atoms with Crippen LogP contribution < -0.4 is 5.32 Å². The van der Waals surface area contributed by atoms with Crippen molar-refractivity contribution in [3.63, 3.8) is 0 Å². The molecule has 1 N–H and O–H groups in total. The number of carbonyl (C=O) groups excluding carboxylic acids is 1. The highest BCUT2D eigenvalue weighted by Gasteiger charge is 2.17. The summed E-state index contributed by atoms with van der Waals surface area (Å²) >= 11 is 3.36. The fourth-order valence-electron chi connectivity index (χ4n) is 1.24. The molecule has 1 aromatic rings. The standard InChI is InChI=1S/C7H7BrN2O/c8-6-2-1-5-7(11)9-3-4-10(5)6/h1-2H,3-4H2,(H,9,11). The highest BCUT2D eigenvalue weighted by atomic mass is 79.9. The van der Waals surface area contributed by atoms with Gasteiger partial charge in [-0.3, -0.25) is 4.79 Å². The van der Waals surface area contributed by atoms with E-state index in [0.29, 0.717) is 0 Å². The number of hydrogen-bond acceptors (Lipinski definition) is 1. The summed E-state index contributed by atoms with van der Waals surface area (Å²) in [5, 5.41) is 2.77. The molecule has 0 bridgehead atoms. The van der Waals surface area contributed by atoms with Crippen LogP contribution in [0.5, 0.6) is 0 Å². The molecule has 2 heterocycles. The number of fused-ring (bicyclic) bond motifs is 1. The van der Waals surface area contributed by atoms with E-state index in [1.54, 1.807) is 0 Å². The average molecular weight is 215 g/mol. The lowest BCUT2D eigenvalue weighted by molar-refractivity contribution is 0.0927. The van der Waals surface area contributed by atoms with Crippen LogP contribution in [-0.2, 0) is 6.54 Å². The van der Waals surface area contributed by atoms with E-state index in [9.17, 15) is 4.79 Å². The van der Waals surface area contributed by atoms with E-state index < -0.39 is 0 Å². The van der Waals surface area contributed by atoms with E-state index in [4.69, 9.17) is 0 Å². The number of amides is 1. The lowest BCUT2D eigenvalue weighted by Crippen LogP contribution is -2.34. The van der Waals surface area contributed by atoms with Crippen LogP contribution in [0.25, 0.3) is 0 Å². The van der Waals surface area contributed by atoms with Gasteiger partial charge in [0.2, 0.25) is 0 Å². The number of nitrogens with one attached hydrogen (secondary N) is 1. The first-order valence-electron chi connectivity index (χ1n) is 3.42. The van der Waals surface area contributed by atoms with Gasteiger partial charge in [-0.05, 0) is 28.1 Å². The quantitative estimate of drug-likeness (QED) is 0.688. The lowest BCUT2D eigenvalue weighted by atomic mass is 10.3. The molecular weight excluding hydrogens is 208 g/mol. The second-order valence-corrected chi connectivity index (χ2v) is 3.26. The highest BCUT2D eigenvalue weighted by molar-refractivity contribution is 9.10. The lowest BCUT2D eigenvalue weighted by Gasteiger charge is -2.16. The Labute approximate surface area is 72.5 Å². The summed E-state index contributed by atoms with van der Waals surface area (Å²) in [6, 6.07) is 3.71. The minimum Gasteiger partial charge on any atom is -0.349 e. The van der Waals surface area contributed by atoms with Crippen LogP contribution in [0.3, 0.4) is 0 Å². The molecule has 0 saturated heterocycles. The van der Waals surface area contributed by atoms with Gasteiger partial charge in [0, 0.05) is 13.1 Å². The molecule has 1 aromatic heterocycles. The van der Waals surface area contributed by atoms with E-state index in [1.807, 2.05) is 16.7 Å². The molecule has 0 saturated carbocycles. The Morgan fingerprint density at radius 3 is 3.09 bits per heavy atom. The molecule has 0 radical (unpaired) electrons. The van der Waals surface area contributed by atoms with Crippen molar-refractivity contribution in [2.24, 2.45) is 0 Å². The van der Waals surface area contributed by atoms with Gasteiger partial charge in [0.1, 0.15) is 5.69 Å². The summed E-state index contributed by atoms with van der Waals surface area (Å²) in [5.41, 5.74) is 0.739. The largest absolute Gasteiger partial charge is 0.349 e. The Kier molecular flexibility index (Phi) is 1.49. The molecule has 3 nitrogen and oxygen atoms in total. The number of hydrogen-bond donors (Lipinski definition) is 1. The maximum Gasteiger partial charge on any atom is 0.267 e. The Bertz CT molecular complexity index is 305. The van der Waals surface area contributed by atoms with Crippen molar-refractivity contribution in [3.05, 3.63) is 22.4 Å². The zero-order valence-corrected chi connectivity index (χ0v) is 7.39. The Hall–Kier alpha value is -0.770. The minimum atomic E-state index is 0.0157. The van der Waals surface area contributed by atoms with Crippen molar-refractivity contribution < 1.29 is 4.79 Å². The second-order valence-electron chi connectivity index (χ2n) is 2.45.